The molecule has 4 rings (SSSR count). The van der Waals surface area contributed by atoms with Crippen molar-refractivity contribution in [3.63, 3.8) is 0 Å². The van der Waals surface area contributed by atoms with Crippen molar-refractivity contribution in [3.8, 4) is 5.88 Å². The van der Waals surface area contributed by atoms with Gasteiger partial charge in [-0.1, -0.05) is 24.3 Å². The van der Waals surface area contributed by atoms with Gasteiger partial charge in [0.25, 0.3) is 0 Å². The molecule has 8 heteroatoms. The summed E-state index contributed by atoms with van der Waals surface area (Å²) >= 11 is 0. The van der Waals surface area contributed by atoms with E-state index in [0.717, 1.165) is 23.0 Å². The highest BCUT2D eigenvalue weighted by molar-refractivity contribution is 5.90. The van der Waals surface area contributed by atoms with E-state index in [2.05, 4.69) is 10.3 Å². The number of pyridine rings is 1. The summed E-state index contributed by atoms with van der Waals surface area (Å²) in [5.41, 5.74) is 0.108. The molecule has 1 aromatic heterocycles. The minimum Gasteiger partial charge on any atom is -0.471 e. The van der Waals surface area contributed by atoms with Crippen LogP contribution in [0.25, 0.3) is 10.9 Å². The standard InChI is InChI=1S/C20H16F3N3O2/c21-20(22,23)14-5-3-6-15(10-14)24-19(27)26-11-16(12-26)28-18-9-8-13-4-1-2-7-17(13)25-18/h1-10,16H,11-12H2,(H,24,27). The summed E-state index contributed by atoms with van der Waals surface area (Å²) in [6.45, 7) is 0.665. The molecule has 2 aromatic carbocycles. The third-order valence-electron chi connectivity index (χ3n) is 4.44. The van der Waals surface area contributed by atoms with Crippen LogP contribution in [0.3, 0.4) is 0 Å². The number of ether oxygens (including phenoxy) is 1. The first-order chi connectivity index (χ1) is 13.4. The van der Waals surface area contributed by atoms with Crippen LogP contribution in [-0.2, 0) is 6.18 Å². The number of amides is 2. The van der Waals surface area contributed by atoms with Crippen molar-refractivity contribution in [1.29, 1.82) is 0 Å². The number of hydrogen-bond donors (Lipinski definition) is 1. The zero-order chi connectivity index (χ0) is 19.7. The smallest absolute Gasteiger partial charge is 0.416 e. The van der Waals surface area contributed by atoms with Crippen LogP contribution in [0.15, 0.2) is 60.7 Å². The quantitative estimate of drug-likeness (QED) is 0.717. The molecule has 0 radical (unpaired) electrons. The number of aromatic nitrogens is 1. The Bertz CT molecular complexity index is 1020. The largest absolute Gasteiger partial charge is 0.471 e. The molecule has 1 aliphatic rings. The average molecular weight is 387 g/mol. The van der Waals surface area contributed by atoms with E-state index in [1.54, 1.807) is 6.07 Å². The Balaban J connectivity index is 1.32. The summed E-state index contributed by atoms with van der Waals surface area (Å²) in [6, 6.07) is 15.4. The Morgan fingerprint density at radius 3 is 2.64 bits per heavy atom. The number of anilines is 1. The fourth-order valence-electron chi connectivity index (χ4n) is 2.94. The molecule has 1 fully saturated rings. The van der Waals surface area contributed by atoms with Crippen molar-refractivity contribution in [3.05, 3.63) is 66.2 Å². The summed E-state index contributed by atoms with van der Waals surface area (Å²) < 4.78 is 44.0. The van der Waals surface area contributed by atoms with E-state index in [9.17, 15) is 18.0 Å². The van der Waals surface area contributed by atoms with Crippen LogP contribution in [0.2, 0.25) is 0 Å². The number of urea groups is 1. The van der Waals surface area contributed by atoms with Crippen LogP contribution < -0.4 is 10.1 Å². The van der Waals surface area contributed by atoms with Gasteiger partial charge in [0.1, 0.15) is 6.10 Å². The second kappa shape index (κ2) is 7.03. The number of halogens is 3. The molecule has 5 nitrogen and oxygen atoms in total. The average Bonchev–Trinajstić information content (AvgIpc) is 2.63. The maximum Gasteiger partial charge on any atom is 0.416 e. The normalized spacial score (nSPS) is 14.6. The van der Waals surface area contributed by atoms with Crippen molar-refractivity contribution in [2.45, 2.75) is 12.3 Å². The molecule has 0 aliphatic carbocycles. The Kier molecular flexibility index (Phi) is 4.54. The molecular weight excluding hydrogens is 371 g/mol. The third-order valence-corrected chi connectivity index (χ3v) is 4.44. The van der Waals surface area contributed by atoms with E-state index >= 15 is 0 Å². The lowest BCUT2D eigenvalue weighted by Gasteiger charge is -2.38. The van der Waals surface area contributed by atoms with Gasteiger partial charge in [-0.2, -0.15) is 13.2 Å². The van der Waals surface area contributed by atoms with Gasteiger partial charge in [-0.25, -0.2) is 9.78 Å². The lowest BCUT2D eigenvalue weighted by molar-refractivity contribution is -0.137. The van der Waals surface area contributed by atoms with E-state index in [4.69, 9.17) is 4.74 Å². The molecule has 28 heavy (non-hydrogen) atoms. The van der Waals surface area contributed by atoms with E-state index in [0.29, 0.717) is 19.0 Å². The highest BCUT2D eigenvalue weighted by atomic mass is 19.4. The van der Waals surface area contributed by atoms with Gasteiger partial charge in [-0.05, 0) is 30.3 Å². The number of nitrogens with one attached hydrogen (secondary N) is 1. The number of benzene rings is 2. The zero-order valence-electron chi connectivity index (χ0n) is 14.6. The molecule has 1 N–H and O–H groups in total. The number of carbonyl (C=O) groups excluding carboxylic acids is 1. The number of para-hydroxylation sites is 1. The number of hydrogen-bond acceptors (Lipinski definition) is 3. The summed E-state index contributed by atoms with van der Waals surface area (Å²) in [5, 5.41) is 3.49. The van der Waals surface area contributed by atoms with Crippen LogP contribution >= 0.6 is 0 Å². The van der Waals surface area contributed by atoms with Crippen molar-refractivity contribution < 1.29 is 22.7 Å². The molecule has 3 aromatic rings. The van der Waals surface area contributed by atoms with Gasteiger partial charge in [0.15, 0.2) is 0 Å². The molecule has 0 bridgehead atoms. The van der Waals surface area contributed by atoms with Crippen molar-refractivity contribution in [2.75, 3.05) is 18.4 Å². The number of fused-ring (bicyclic) bond motifs is 1. The monoisotopic (exact) mass is 387 g/mol. The van der Waals surface area contributed by atoms with Crippen LogP contribution in [0, 0.1) is 0 Å². The van der Waals surface area contributed by atoms with Crippen LogP contribution in [0.1, 0.15) is 5.56 Å². The fourth-order valence-corrected chi connectivity index (χ4v) is 2.94. The van der Waals surface area contributed by atoms with Gasteiger partial charge in [-0.3, -0.25) is 0 Å². The fraction of sp³-hybridized carbons (Fsp3) is 0.200. The Morgan fingerprint density at radius 1 is 1.07 bits per heavy atom. The molecule has 1 saturated heterocycles. The summed E-state index contributed by atoms with van der Waals surface area (Å²) in [5.74, 6) is 0.474. The van der Waals surface area contributed by atoms with Crippen molar-refractivity contribution in [2.24, 2.45) is 0 Å². The van der Waals surface area contributed by atoms with Gasteiger partial charge < -0.3 is 15.0 Å². The van der Waals surface area contributed by atoms with E-state index in [-0.39, 0.29) is 11.8 Å². The third kappa shape index (κ3) is 3.85. The highest BCUT2D eigenvalue weighted by Gasteiger charge is 2.33. The van der Waals surface area contributed by atoms with Crippen LogP contribution in [0.5, 0.6) is 5.88 Å². The van der Waals surface area contributed by atoms with Crippen molar-refractivity contribution in [1.82, 2.24) is 9.88 Å². The van der Waals surface area contributed by atoms with Crippen LogP contribution in [-0.4, -0.2) is 35.1 Å². The first kappa shape index (κ1) is 18.1. The lowest BCUT2D eigenvalue weighted by atomic mass is 10.1. The zero-order valence-corrected chi connectivity index (χ0v) is 14.6. The molecule has 0 spiro atoms. The first-order valence-electron chi connectivity index (χ1n) is 8.64. The molecule has 0 atom stereocenters. The molecule has 144 valence electrons. The number of alkyl halides is 3. The predicted octanol–water partition coefficient (Wildman–Crippen LogP) is 4.55. The molecule has 0 unspecified atom stereocenters. The highest BCUT2D eigenvalue weighted by Crippen LogP contribution is 2.31. The molecular formula is C20H16F3N3O2. The number of likely N-dealkylation sites (tertiary alicyclic amines) is 1. The molecule has 2 amide bonds. The van der Waals surface area contributed by atoms with Gasteiger partial charge in [0.2, 0.25) is 5.88 Å². The molecule has 0 saturated carbocycles. The Morgan fingerprint density at radius 2 is 1.86 bits per heavy atom. The van der Waals surface area contributed by atoms with Gasteiger partial charge in [-0.15, -0.1) is 0 Å². The summed E-state index contributed by atoms with van der Waals surface area (Å²) in [7, 11) is 0. The number of carbonyl (C=O) groups is 1. The maximum atomic E-state index is 12.8. The SMILES string of the molecule is O=C(Nc1cccc(C(F)(F)F)c1)N1CC(Oc2ccc3ccccc3n2)C1. The number of nitrogens with zero attached hydrogens (tertiary/aromatic N) is 2. The lowest BCUT2D eigenvalue weighted by Crippen LogP contribution is -2.57. The maximum absolute atomic E-state index is 12.8. The van der Waals surface area contributed by atoms with Crippen LogP contribution in [0.4, 0.5) is 23.7 Å². The minimum absolute atomic E-state index is 0.0976. The second-order valence-corrected chi connectivity index (χ2v) is 6.50. The summed E-state index contributed by atoms with van der Waals surface area (Å²) in [6.07, 6.45) is -4.66. The predicted molar refractivity (Wildman–Crippen MR) is 98.2 cm³/mol. The Hall–Kier alpha value is -3.29. The van der Waals surface area contributed by atoms with E-state index < -0.39 is 17.8 Å². The topological polar surface area (TPSA) is 54.5 Å². The summed E-state index contributed by atoms with van der Waals surface area (Å²) in [4.78, 5) is 18.1. The first-order valence-corrected chi connectivity index (χ1v) is 8.64. The van der Waals surface area contributed by atoms with E-state index in [1.165, 1.54) is 17.0 Å². The van der Waals surface area contributed by atoms with Crippen molar-refractivity contribution >= 4 is 22.6 Å². The number of rotatable bonds is 3. The van der Waals surface area contributed by atoms with E-state index in [1.807, 2.05) is 30.3 Å². The molecule has 1 aliphatic heterocycles. The second-order valence-electron chi connectivity index (χ2n) is 6.50. The Labute approximate surface area is 158 Å². The van der Waals surface area contributed by atoms with Gasteiger partial charge in [0.05, 0.1) is 24.2 Å². The van der Waals surface area contributed by atoms with Gasteiger partial charge in [0, 0.05) is 17.1 Å². The molecule has 2 heterocycles. The minimum atomic E-state index is -4.46. The van der Waals surface area contributed by atoms with Gasteiger partial charge >= 0.3 is 12.2 Å².